The number of methoxy groups -OCH3 is 1. The largest absolute Gasteiger partial charge is 0.497 e. The predicted octanol–water partition coefficient (Wildman–Crippen LogP) is 3.19. The van der Waals surface area contributed by atoms with Crippen LogP contribution in [0, 0.1) is 0 Å². The molecular formula is C14H12N2O3. The highest BCUT2D eigenvalue weighted by atomic mass is 16.5. The van der Waals surface area contributed by atoms with Gasteiger partial charge >= 0.3 is 0 Å². The number of nitrogens with zero attached hydrogens (tertiary/aromatic N) is 1. The SMILES string of the molecule is COc1ccc(-c2c(N)noc2-c2ccoc2)cc1. The predicted molar refractivity (Wildman–Crippen MR) is 70.6 cm³/mol. The standard InChI is InChI=1S/C14H12N2O3/c1-17-11-4-2-9(3-5-11)12-13(19-16-14(12)15)10-6-7-18-8-10/h2-8H,1H3,(H2,15,16). The number of anilines is 1. The van der Waals surface area contributed by atoms with E-state index < -0.39 is 0 Å². The van der Waals surface area contributed by atoms with E-state index in [0.717, 1.165) is 22.4 Å². The first-order chi connectivity index (χ1) is 9.29. The summed E-state index contributed by atoms with van der Waals surface area (Å²) in [5.41, 5.74) is 8.35. The van der Waals surface area contributed by atoms with Crippen molar-refractivity contribution in [2.24, 2.45) is 0 Å². The Hall–Kier alpha value is -2.69. The van der Waals surface area contributed by atoms with Gasteiger partial charge in [0.1, 0.15) is 12.0 Å². The summed E-state index contributed by atoms with van der Waals surface area (Å²) in [5.74, 6) is 1.72. The summed E-state index contributed by atoms with van der Waals surface area (Å²) in [7, 11) is 1.62. The summed E-state index contributed by atoms with van der Waals surface area (Å²) in [6.07, 6.45) is 3.17. The molecule has 1 aromatic carbocycles. The Balaban J connectivity index is 2.11. The molecule has 0 spiro atoms. The van der Waals surface area contributed by atoms with Crippen LogP contribution in [-0.4, -0.2) is 12.3 Å². The molecule has 0 radical (unpaired) electrons. The van der Waals surface area contributed by atoms with Crippen LogP contribution in [0.1, 0.15) is 0 Å². The first-order valence-electron chi connectivity index (χ1n) is 5.71. The smallest absolute Gasteiger partial charge is 0.180 e. The van der Waals surface area contributed by atoms with E-state index in [2.05, 4.69) is 5.16 Å². The fourth-order valence-electron chi connectivity index (χ4n) is 1.93. The van der Waals surface area contributed by atoms with Crippen molar-refractivity contribution in [3.8, 4) is 28.2 Å². The Bertz CT molecular complexity index is 669. The van der Waals surface area contributed by atoms with E-state index in [0.29, 0.717) is 11.6 Å². The van der Waals surface area contributed by atoms with Gasteiger partial charge in [-0.1, -0.05) is 17.3 Å². The quantitative estimate of drug-likeness (QED) is 0.778. The van der Waals surface area contributed by atoms with Crippen LogP contribution >= 0.6 is 0 Å². The number of furan rings is 1. The molecule has 96 valence electrons. The van der Waals surface area contributed by atoms with Gasteiger partial charge in [-0.3, -0.25) is 0 Å². The molecule has 3 aromatic rings. The number of aromatic nitrogens is 1. The molecule has 0 aliphatic heterocycles. The van der Waals surface area contributed by atoms with Crippen LogP contribution in [0.2, 0.25) is 0 Å². The highest BCUT2D eigenvalue weighted by Gasteiger charge is 2.18. The third-order valence-electron chi connectivity index (χ3n) is 2.88. The van der Waals surface area contributed by atoms with E-state index in [-0.39, 0.29) is 0 Å². The molecule has 2 N–H and O–H groups in total. The van der Waals surface area contributed by atoms with Gasteiger partial charge in [0.25, 0.3) is 0 Å². The molecular weight excluding hydrogens is 244 g/mol. The zero-order valence-corrected chi connectivity index (χ0v) is 10.3. The summed E-state index contributed by atoms with van der Waals surface area (Å²) in [6.45, 7) is 0. The molecule has 0 amide bonds. The monoisotopic (exact) mass is 256 g/mol. The van der Waals surface area contributed by atoms with Crippen LogP contribution in [0.4, 0.5) is 5.82 Å². The molecule has 2 aromatic heterocycles. The average molecular weight is 256 g/mol. The lowest BCUT2D eigenvalue weighted by atomic mass is 10.0. The van der Waals surface area contributed by atoms with Gasteiger partial charge in [0.05, 0.1) is 24.5 Å². The molecule has 5 heteroatoms. The molecule has 0 aliphatic rings. The minimum atomic E-state index is 0.348. The summed E-state index contributed by atoms with van der Waals surface area (Å²) in [4.78, 5) is 0. The van der Waals surface area contributed by atoms with Crippen molar-refractivity contribution in [1.29, 1.82) is 0 Å². The summed E-state index contributed by atoms with van der Waals surface area (Å²) >= 11 is 0. The maximum Gasteiger partial charge on any atom is 0.180 e. The maximum atomic E-state index is 5.88. The minimum Gasteiger partial charge on any atom is -0.497 e. The molecule has 0 fully saturated rings. The van der Waals surface area contributed by atoms with Crippen molar-refractivity contribution < 1.29 is 13.7 Å². The Kier molecular flexibility index (Phi) is 2.72. The van der Waals surface area contributed by atoms with Gasteiger partial charge in [-0.05, 0) is 23.8 Å². The number of hydrogen-bond acceptors (Lipinski definition) is 5. The summed E-state index contributed by atoms with van der Waals surface area (Å²) in [6, 6.07) is 9.34. The molecule has 5 nitrogen and oxygen atoms in total. The van der Waals surface area contributed by atoms with E-state index >= 15 is 0 Å². The van der Waals surface area contributed by atoms with E-state index in [9.17, 15) is 0 Å². The number of hydrogen-bond donors (Lipinski definition) is 1. The second-order valence-electron chi connectivity index (χ2n) is 4.01. The summed E-state index contributed by atoms with van der Waals surface area (Å²) in [5, 5.41) is 3.82. The normalized spacial score (nSPS) is 10.6. The highest BCUT2D eigenvalue weighted by Crippen LogP contribution is 2.37. The first kappa shape index (κ1) is 11.4. The third kappa shape index (κ3) is 1.95. The van der Waals surface area contributed by atoms with Gasteiger partial charge in [0.2, 0.25) is 0 Å². The lowest BCUT2D eigenvalue weighted by Gasteiger charge is -2.03. The zero-order valence-electron chi connectivity index (χ0n) is 10.3. The third-order valence-corrected chi connectivity index (χ3v) is 2.88. The van der Waals surface area contributed by atoms with Crippen LogP contribution < -0.4 is 10.5 Å². The van der Waals surface area contributed by atoms with Crippen LogP contribution in [0.25, 0.3) is 22.5 Å². The lowest BCUT2D eigenvalue weighted by molar-refractivity contribution is 0.415. The Morgan fingerprint density at radius 2 is 1.89 bits per heavy atom. The topological polar surface area (TPSA) is 74.4 Å². The van der Waals surface area contributed by atoms with E-state index in [1.165, 1.54) is 0 Å². The Morgan fingerprint density at radius 3 is 2.53 bits per heavy atom. The first-order valence-corrected chi connectivity index (χ1v) is 5.71. The second kappa shape index (κ2) is 4.53. The van der Waals surface area contributed by atoms with Gasteiger partial charge in [-0.15, -0.1) is 0 Å². The maximum absolute atomic E-state index is 5.88. The van der Waals surface area contributed by atoms with Gasteiger partial charge in [0, 0.05) is 0 Å². The van der Waals surface area contributed by atoms with Crippen LogP contribution in [0.15, 0.2) is 51.8 Å². The van der Waals surface area contributed by atoms with Crippen molar-refractivity contribution in [2.45, 2.75) is 0 Å². The van der Waals surface area contributed by atoms with Gasteiger partial charge in [0.15, 0.2) is 11.6 Å². The van der Waals surface area contributed by atoms with E-state index in [1.807, 2.05) is 24.3 Å². The Morgan fingerprint density at radius 1 is 1.11 bits per heavy atom. The van der Waals surface area contributed by atoms with Crippen LogP contribution in [0.5, 0.6) is 5.75 Å². The van der Waals surface area contributed by atoms with Gasteiger partial charge in [-0.2, -0.15) is 0 Å². The summed E-state index contributed by atoms with van der Waals surface area (Å²) < 4.78 is 15.5. The number of ether oxygens (including phenoxy) is 1. The molecule has 0 aliphatic carbocycles. The molecule has 0 bridgehead atoms. The van der Waals surface area contributed by atoms with Gasteiger partial charge in [-0.25, -0.2) is 0 Å². The second-order valence-corrected chi connectivity index (χ2v) is 4.01. The number of nitrogens with two attached hydrogens (primary N) is 1. The van der Waals surface area contributed by atoms with Crippen LogP contribution in [0.3, 0.4) is 0 Å². The molecule has 0 unspecified atom stereocenters. The number of nitrogen functional groups attached to an aromatic ring is 1. The van der Waals surface area contributed by atoms with Crippen molar-refractivity contribution in [3.63, 3.8) is 0 Å². The fourth-order valence-corrected chi connectivity index (χ4v) is 1.93. The zero-order chi connectivity index (χ0) is 13.2. The number of rotatable bonds is 3. The molecule has 3 rings (SSSR count). The molecule has 0 atom stereocenters. The molecule has 19 heavy (non-hydrogen) atoms. The molecule has 0 saturated carbocycles. The minimum absolute atomic E-state index is 0.348. The van der Waals surface area contributed by atoms with E-state index in [1.54, 1.807) is 25.7 Å². The number of benzene rings is 1. The van der Waals surface area contributed by atoms with E-state index in [4.69, 9.17) is 19.4 Å². The van der Waals surface area contributed by atoms with Crippen molar-refractivity contribution in [1.82, 2.24) is 5.16 Å². The van der Waals surface area contributed by atoms with Crippen molar-refractivity contribution in [2.75, 3.05) is 12.8 Å². The Labute approximate surface area is 109 Å². The van der Waals surface area contributed by atoms with Crippen molar-refractivity contribution in [3.05, 3.63) is 42.9 Å². The van der Waals surface area contributed by atoms with Crippen LogP contribution in [-0.2, 0) is 0 Å². The fraction of sp³-hybridized carbons (Fsp3) is 0.0714. The molecule has 2 heterocycles. The highest BCUT2D eigenvalue weighted by molar-refractivity contribution is 5.86. The lowest BCUT2D eigenvalue weighted by Crippen LogP contribution is -1.89. The molecule has 0 saturated heterocycles. The van der Waals surface area contributed by atoms with Crippen molar-refractivity contribution >= 4 is 5.82 Å². The average Bonchev–Trinajstić information content (AvgIpc) is 3.08. The van der Waals surface area contributed by atoms with Gasteiger partial charge < -0.3 is 19.4 Å².